The Morgan fingerprint density at radius 2 is 2.41 bits per heavy atom. The Balaban J connectivity index is 1.59. The van der Waals surface area contributed by atoms with E-state index in [1.165, 1.54) is 12.8 Å². The molecule has 2 atom stereocenters. The van der Waals surface area contributed by atoms with Gasteiger partial charge < -0.3 is 14.5 Å². The van der Waals surface area contributed by atoms with Gasteiger partial charge >= 0.3 is 0 Å². The third kappa shape index (κ3) is 2.69. The van der Waals surface area contributed by atoms with Crippen molar-refractivity contribution in [3.05, 3.63) is 17.8 Å². The lowest BCUT2D eigenvalue weighted by molar-refractivity contribution is 0.193. The summed E-state index contributed by atoms with van der Waals surface area (Å²) in [5, 5.41) is 3.43. The number of hydrogen-bond acceptors (Lipinski definition) is 4. The first-order valence-electron chi connectivity index (χ1n) is 6.64. The van der Waals surface area contributed by atoms with Gasteiger partial charge in [-0.3, -0.25) is 0 Å². The summed E-state index contributed by atoms with van der Waals surface area (Å²) in [4.78, 5) is 4.61. The van der Waals surface area contributed by atoms with Gasteiger partial charge in [-0.1, -0.05) is 0 Å². The Labute approximate surface area is 102 Å². The van der Waals surface area contributed by atoms with Crippen molar-refractivity contribution in [2.45, 2.75) is 31.6 Å². The van der Waals surface area contributed by atoms with Crippen molar-refractivity contribution in [3.63, 3.8) is 0 Å². The molecule has 4 heteroatoms. The third-order valence-electron chi connectivity index (χ3n) is 3.78. The van der Waals surface area contributed by atoms with E-state index in [1.54, 1.807) is 0 Å². The van der Waals surface area contributed by atoms with E-state index in [-0.39, 0.29) is 0 Å². The van der Waals surface area contributed by atoms with Crippen molar-refractivity contribution in [2.75, 3.05) is 26.3 Å². The summed E-state index contributed by atoms with van der Waals surface area (Å²) in [5.41, 5.74) is 1.08. The molecule has 0 spiro atoms. The maximum Gasteiger partial charge on any atom is 0.194 e. The van der Waals surface area contributed by atoms with Crippen LogP contribution >= 0.6 is 0 Å². The van der Waals surface area contributed by atoms with Gasteiger partial charge in [-0.15, -0.1) is 0 Å². The lowest BCUT2D eigenvalue weighted by atomic mass is 9.96. The highest BCUT2D eigenvalue weighted by Crippen LogP contribution is 2.25. The molecular formula is C13H20N2O2. The van der Waals surface area contributed by atoms with E-state index in [9.17, 15) is 0 Å². The van der Waals surface area contributed by atoms with Gasteiger partial charge in [0.15, 0.2) is 5.89 Å². The quantitative estimate of drug-likeness (QED) is 0.868. The molecule has 1 aromatic rings. The molecule has 0 aliphatic carbocycles. The topological polar surface area (TPSA) is 47.3 Å². The minimum atomic E-state index is 0.456. The van der Waals surface area contributed by atoms with Crippen LogP contribution < -0.4 is 5.32 Å². The number of rotatable bonds is 3. The number of aromatic nitrogens is 1. The zero-order valence-corrected chi connectivity index (χ0v) is 10.2. The SMILES string of the molecule is c1oc(CC2CCCNC2)nc1C1CCOC1. The summed E-state index contributed by atoms with van der Waals surface area (Å²) in [6, 6.07) is 0. The molecule has 1 aromatic heterocycles. The Kier molecular flexibility index (Phi) is 3.43. The number of oxazole rings is 1. The summed E-state index contributed by atoms with van der Waals surface area (Å²) in [6.07, 6.45) is 6.44. The van der Waals surface area contributed by atoms with Crippen LogP contribution in [0.2, 0.25) is 0 Å². The number of hydrogen-bond donors (Lipinski definition) is 1. The van der Waals surface area contributed by atoms with Crippen LogP contribution in [0.1, 0.15) is 36.8 Å². The highest BCUT2D eigenvalue weighted by molar-refractivity contribution is 5.06. The maximum absolute atomic E-state index is 5.59. The van der Waals surface area contributed by atoms with Crippen molar-refractivity contribution < 1.29 is 9.15 Å². The fourth-order valence-corrected chi connectivity index (χ4v) is 2.72. The molecule has 3 heterocycles. The van der Waals surface area contributed by atoms with E-state index >= 15 is 0 Å². The van der Waals surface area contributed by atoms with E-state index in [1.807, 2.05) is 6.26 Å². The average molecular weight is 236 g/mol. The second kappa shape index (κ2) is 5.19. The minimum absolute atomic E-state index is 0.456. The van der Waals surface area contributed by atoms with E-state index in [4.69, 9.17) is 9.15 Å². The van der Waals surface area contributed by atoms with Crippen LogP contribution in [0.25, 0.3) is 0 Å². The summed E-state index contributed by atoms with van der Waals surface area (Å²) in [6.45, 7) is 3.92. The highest BCUT2D eigenvalue weighted by Gasteiger charge is 2.22. The molecule has 94 valence electrons. The smallest absolute Gasteiger partial charge is 0.194 e. The van der Waals surface area contributed by atoms with Crippen LogP contribution in [-0.2, 0) is 11.2 Å². The number of nitrogens with one attached hydrogen (secondary N) is 1. The van der Waals surface area contributed by atoms with E-state index in [2.05, 4.69) is 10.3 Å². The van der Waals surface area contributed by atoms with Crippen LogP contribution in [-0.4, -0.2) is 31.3 Å². The monoisotopic (exact) mass is 236 g/mol. The molecule has 0 radical (unpaired) electrons. The third-order valence-corrected chi connectivity index (χ3v) is 3.78. The summed E-state index contributed by atoms with van der Waals surface area (Å²) >= 11 is 0. The van der Waals surface area contributed by atoms with Crippen molar-refractivity contribution in [3.8, 4) is 0 Å². The molecule has 2 aliphatic heterocycles. The standard InChI is InChI=1S/C13H20N2O2/c1-2-10(7-14-4-1)6-13-15-12(9-17-13)11-3-5-16-8-11/h9-11,14H,1-8H2. The van der Waals surface area contributed by atoms with Gasteiger partial charge in [-0.05, 0) is 38.3 Å². The van der Waals surface area contributed by atoms with Gasteiger partial charge in [-0.25, -0.2) is 4.98 Å². The molecule has 0 saturated carbocycles. The van der Waals surface area contributed by atoms with Crippen LogP contribution in [0.15, 0.2) is 10.7 Å². The molecule has 0 bridgehead atoms. The second-order valence-electron chi connectivity index (χ2n) is 5.14. The Morgan fingerprint density at radius 3 is 3.18 bits per heavy atom. The van der Waals surface area contributed by atoms with Crippen molar-refractivity contribution >= 4 is 0 Å². The molecule has 2 aliphatic rings. The predicted octanol–water partition coefficient (Wildman–Crippen LogP) is 1.72. The zero-order chi connectivity index (χ0) is 11.5. The molecule has 0 amide bonds. The van der Waals surface area contributed by atoms with Gasteiger partial charge in [0, 0.05) is 18.9 Å². The van der Waals surface area contributed by atoms with Crippen molar-refractivity contribution in [2.24, 2.45) is 5.92 Å². The number of piperidine rings is 1. The molecule has 2 fully saturated rings. The fourth-order valence-electron chi connectivity index (χ4n) is 2.72. The summed E-state index contributed by atoms with van der Waals surface area (Å²) in [5.74, 6) is 2.05. The Morgan fingerprint density at radius 1 is 1.41 bits per heavy atom. The fraction of sp³-hybridized carbons (Fsp3) is 0.769. The predicted molar refractivity (Wildman–Crippen MR) is 64.0 cm³/mol. The highest BCUT2D eigenvalue weighted by atomic mass is 16.5. The second-order valence-corrected chi connectivity index (χ2v) is 5.14. The van der Waals surface area contributed by atoms with Crippen molar-refractivity contribution in [1.82, 2.24) is 10.3 Å². The molecule has 2 saturated heterocycles. The molecule has 4 nitrogen and oxygen atoms in total. The number of ether oxygens (including phenoxy) is 1. The first kappa shape index (κ1) is 11.2. The van der Waals surface area contributed by atoms with Crippen LogP contribution in [0.5, 0.6) is 0 Å². The van der Waals surface area contributed by atoms with E-state index < -0.39 is 0 Å². The van der Waals surface area contributed by atoms with Crippen LogP contribution in [0.3, 0.4) is 0 Å². The molecule has 17 heavy (non-hydrogen) atoms. The lowest BCUT2D eigenvalue weighted by Crippen LogP contribution is -2.30. The molecule has 0 aromatic carbocycles. The first-order chi connectivity index (χ1) is 8.42. The Hall–Kier alpha value is -0.870. The van der Waals surface area contributed by atoms with Gasteiger partial charge in [0.25, 0.3) is 0 Å². The van der Waals surface area contributed by atoms with Gasteiger partial charge in [-0.2, -0.15) is 0 Å². The van der Waals surface area contributed by atoms with Gasteiger partial charge in [0.1, 0.15) is 6.26 Å². The molecule has 1 N–H and O–H groups in total. The van der Waals surface area contributed by atoms with Crippen LogP contribution in [0.4, 0.5) is 0 Å². The number of nitrogens with zero attached hydrogens (tertiary/aromatic N) is 1. The minimum Gasteiger partial charge on any atom is -0.449 e. The first-order valence-corrected chi connectivity index (χ1v) is 6.64. The largest absolute Gasteiger partial charge is 0.449 e. The van der Waals surface area contributed by atoms with Gasteiger partial charge in [0.2, 0.25) is 0 Å². The maximum atomic E-state index is 5.59. The van der Waals surface area contributed by atoms with Crippen LogP contribution in [0, 0.1) is 5.92 Å². The molecule has 3 rings (SSSR count). The Bertz CT molecular complexity index is 352. The normalized spacial score (nSPS) is 29.6. The zero-order valence-electron chi connectivity index (χ0n) is 10.2. The summed E-state index contributed by atoms with van der Waals surface area (Å²) < 4.78 is 11.0. The molecule has 2 unspecified atom stereocenters. The van der Waals surface area contributed by atoms with E-state index in [0.29, 0.717) is 11.8 Å². The lowest BCUT2D eigenvalue weighted by Gasteiger charge is -2.21. The van der Waals surface area contributed by atoms with E-state index in [0.717, 1.165) is 50.7 Å². The average Bonchev–Trinajstić information content (AvgIpc) is 3.00. The summed E-state index contributed by atoms with van der Waals surface area (Å²) in [7, 11) is 0. The van der Waals surface area contributed by atoms with Crippen molar-refractivity contribution in [1.29, 1.82) is 0 Å². The van der Waals surface area contributed by atoms with Gasteiger partial charge in [0.05, 0.1) is 12.3 Å². The molecular weight excluding hydrogens is 216 g/mol.